The summed E-state index contributed by atoms with van der Waals surface area (Å²) in [4.78, 5) is 18.4. The molecule has 3 nitrogen and oxygen atoms in total. The number of carbonyl (C=O) groups is 1. The lowest BCUT2D eigenvalue weighted by molar-refractivity contribution is -0.136. The molecule has 1 aliphatic carbocycles. The van der Waals surface area contributed by atoms with Crippen molar-refractivity contribution in [2.45, 2.75) is 51.0 Å². The fraction of sp³-hybridized carbons (Fsp3) is 0.526. The van der Waals surface area contributed by atoms with Gasteiger partial charge in [0.25, 0.3) is 0 Å². The number of nitrogens with zero attached hydrogens (tertiary/aromatic N) is 1. The van der Waals surface area contributed by atoms with Gasteiger partial charge in [-0.1, -0.05) is 31.0 Å². The molecule has 1 aliphatic heterocycles. The zero-order chi connectivity index (χ0) is 14.9. The molecule has 1 saturated carbocycles. The van der Waals surface area contributed by atoms with Crippen LogP contribution in [-0.4, -0.2) is 28.4 Å². The summed E-state index contributed by atoms with van der Waals surface area (Å²) in [5.74, 6) is 1.08. The molecule has 2 fully saturated rings. The van der Waals surface area contributed by atoms with Gasteiger partial charge in [0, 0.05) is 29.7 Å². The molecule has 0 bridgehead atoms. The Bertz CT molecular complexity index is 673. The summed E-state index contributed by atoms with van der Waals surface area (Å²) in [7, 11) is 0. The molecule has 2 aromatic rings. The van der Waals surface area contributed by atoms with Gasteiger partial charge in [0.05, 0.1) is 6.42 Å². The van der Waals surface area contributed by atoms with Crippen molar-refractivity contribution in [2.24, 2.45) is 5.92 Å². The van der Waals surface area contributed by atoms with Crippen LogP contribution < -0.4 is 0 Å². The van der Waals surface area contributed by atoms with Crippen LogP contribution in [-0.2, 0) is 11.2 Å². The highest BCUT2D eigenvalue weighted by Gasteiger charge is 2.35. The third kappa shape index (κ3) is 2.43. The van der Waals surface area contributed by atoms with Crippen molar-refractivity contribution in [3.8, 4) is 0 Å². The number of amides is 1. The number of piperidine rings is 1. The van der Waals surface area contributed by atoms with E-state index in [1.165, 1.54) is 43.9 Å². The topological polar surface area (TPSA) is 36.1 Å². The third-order valence-corrected chi connectivity index (χ3v) is 5.58. The molecule has 22 heavy (non-hydrogen) atoms. The number of para-hydroxylation sites is 1. The van der Waals surface area contributed by atoms with Crippen LogP contribution in [0.4, 0.5) is 0 Å². The first-order chi connectivity index (χ1) is 10.8. The van der Waals surface area contributed by atoms with Gasteiger partial charge in [-0.3, -0.25) is 4.79 Å². The summed E-state index contributed by atoms with van der Waals surface area (Å²) < 4.78 is 0. The number of aromatic amines is 1. The van der Waals surface area contributed by atoms with Crippen molar-refractivity contribution < 1.29 is 4.79 Å². The first-order valence-electron chi connectivity index (χ1n) is 8.67. The van der Waals surface area contributed by atoms with E-state index in [-0.39, 0.29) is 0 Å². The van der Waals surface area contributed by atoms with Crippen LogP contribution in [0.25, 0.3) is 10.9 Å². The number of H-pyrrole nitrogens is 1. The van der Waals surface area contributed by atoms with Gasteiger partial charge >= 0.3 is 0 Å². The molecular formula is C19H24N2O. The third-order valence-electron chi connectivity index (χ3n) is 5.58. The van der Waals surface area contributed by atoms with E-state index < -0.39 is 0 Å². The Hall–Kier alpha value is -1.77. The lowest BCUT2D eigenvalue weighted by atomic mass is 9.78. The van der Waals surface area contributed by atoms with Crippen LogP contribution >= 0.6 is 0 Å². The first kappa shape index (κ1) is 13.9. The Balaban J connectivity index is 1.53. The van der Waals surface area contributed by atoms with E-state index in [4.69, 9.17) is 0 Å². The summed E-state index contributed by atoms with van der Waals surface area (Å²) in [6.07, 6.45) is 10.2. The van der Waals surface area contributed by atoms with Crippen LogP contribution in [0.15, 0.2) is 30.5 Å². The maximum absolute atomic E-state index is 12.9. The minimum absolute atomic E-state index is 0.321. The van der Waals surface area contributed by atoms with E-state index in [2.05, 4.69) is 22.0 Å². The molecule has 0 spiro atoms. The van der Waals surface area contributed by atoms with Crippen molar-refractivity contribution in [1.29, 1.82) is 0 Å². The zero-order valence-electron chi connectivity index (χ0n) is 13.1. The SMILES string of the molecule is O=C(Cc1c[nH]c2ccccc12)N1CCC[C@H]2CCCC[C@H]21. The number of benzene rings is 1. The molecule has 4 rings (SSSR count). The highest BCUT2D eigenvalue weighted by molar-refractivity contribution is 5.89. The first-order valence-corrected chi connectivity index (χ1v) is 8.67. The standard InChI is InChI=1S/C19H24N2O/c22-19(12-15-13-20-17-9-3-2-8-16(15)17)21-11-5-7-14-6-1-4-10-18(14)21/h2-3,8-9,13-14,18,20H,1,4-7,10-12H2/t14-,18-/m1/s1. The molecule has 2 heterocycles. The molecule has 0 unspecified atom stereocenters. The summed E-state index contributed by atoms with van der Waals surface area (Å²) in [6.45, 7) is 0.961. The Kier molecular flexibility index (Phi) is 3.65. The molecule has 1 N–H and O–H groups in total. The van der Waals surface area contributed by atoms with Crippen LogP contribution in [0.5, 0.6) is 0 Å². The second-order valence-electron chi connectivity index (χ2n) is 6.88. The Morgan fingerprint density at radius 2 is 1.95 bits per heavy atom. The van der Waals surface area contributed by atoms with Gasteiger partial charge in [0.2, 0.25) is 5.91 Å². The van der Waals surface area contributed by atoms with E-state index in [1.54, 1.807) is 0 Å². The molecule has 1 amide bonds. The molecule has 2 aliphatic rings. The van der Waals surface area contributed by atoms with Gasteiger partial charge in [-0.05, 0) is 43.2 Å². The zero-order valence-corrected chi connectivity index (χ0v) is 13.1. The predicted molar refractivity (Wildman–Crippen MR) is 88.7 cm³/mol. The number of fused-ring (bicyclic) bond motifs is 2. The molecule has 1 aromatic carbocycles. The number of rotatable bonds is 2. The monoisotopic (exact) mass is 296 g/mol. The highest BCUT2D eigenvalue weighted by Crippen LogP contribution is 2.35. The number of hydrogen-bond acceptors (Lipinski definition) is 1. The summed E-state index contributed by atoms with van der Waals surface area (Å²) in [5, 5.41) is 1.19. The van der Waals surface area contributed by atoms with Gasteiger partial charge in [-0.25, -0.2) is 0 Å². The fourth-order valence-corrected chi connectivity index (χ4v) is 4.48. The lowest BCUT2D eigenvalue weighted by Gasteiger charge is -2.44. The van der Waals surface area contributed by atoms with Crippen molar-refractivity contribution >= 4 is 16.8 Å². The van der Waals surface area contributed by atoms with Crippen molar-refractivity contribution in [3.63, 3.8) is 0 Å². The lowest BCUT2D eigenvalue weighted by Crippen LogP contribution is -2.50. The van der Waals surface area contributed by atoms with Crippen molar-refractivity contribution in [1.82, 2.24) is 9.88 Å². The minimum atomic E-state index is 0.321. The van der Waals surface area contributed by atoms with Crippen LogP contribution in [0.1, 0.15) is 44.1 Å². The van der Waals surface area contributed by atoms with E-state index in [0.717, 1.165) is 23.5 Å². The number of nitrogens with one attached hydrogen (secondary N) is 1. The average Bonchev–Trinajstić information content (AvgIpc) is 2.97. The quantitative estimate of drug-likeness (QED) is 0.896. The van der Waals surface area contributed by atoms with Gasteiger partial charge in [0.1, 0.15) is 0 Å². The molecular weight excluding hydrogens is 272 g/mol. The second-order valence-corrected chi connectivity index (χ2v) is 6.88. The Morgan fingerprint density at radius 3 is 2.91 bits per heavy atom. The molecule has 1 aromatic heterocycles. The number of likely N-dealkylation sites (tertiary alicyclic amines) is 1. The van der Waals surface area contributed by atoms with Crippen molar-refractivity contribution in [3.05, 3.63) is 36.0 Å². The summed E-state index contributed by atoms with van der Waals surface area (Å²) in [5.41, 5.74) is 2.26. The minimum Gasteiger partial charge on any atom is -0.361 e. The summed E-state index contributed by atoms with van der Waals surface area (Å²) in [6, 6.07) is 8.76. The summed E-state index contributed by atoms with van der Waals surface area (Å²) >= 11 is 0. The maximum atomic E-state index is 12.9. The molecule has 1 saturated heterocycles. The Labute approximate surface area is 131 Å². The van der Waals surface area contributed by atoms with Gasteiger partial charge in [-0.15, -0.1) is 0 Å². The van der Waals surface area contributed by atoms with Crippen LogP contribution in [0, 0.1) is 5.92 Å². The maximum Gasteiger partial charge on any atom is 0.227 e. The molecule has 0 radical (unpaired) electrons. The van der Waals surface area contributed by atoms with Crippen LogP contribution in [0.2, 0.25) is 0 Å². The van der Waals surface area contributed by atoms with Gasteiger partial charge < -0.3 is 9.88 Å². The highest BCUT2D eigenvalue weighted by atomic mass is 16.2. The van der Waals surface area contributed by atoms with Gasteiger partial charge in [-0.2, -0.15) is 0 Å². The van der Waals surface area contributed by atoms with E-state index in [9.17, 15) is 4.79 Å². The molecule has 3 heteroatoms. The number of aromatic nitrogens is 1. The normalized spacial score (nSPS) is 25.2. The predicted octanol–water partition coefficient (Wildman–Crippen LogP) is 3.89. The van der Waals surface area contributed by atoms with E-state index in [0.29, 0.717) is 18.4 Å². The van der Waals surface area contributed by atoms with Crippen molar-refractivity contribution in [2.75, 3.05) is 6.54 Å². The van der Waals surface area contributed by atoms with E-state index >= 15 is 0 Å². The Morgan fingerprint density at radius 1 is 1.14 bits per heavy atom. The van der Waals surface area contributed by atoms with Gasteiger partial charge in [0.15, 0.2) is 0 Å². The average molecular weight is 296 g/mol. The largest absolute Gasteiger partial charge is 0.361 e. The molecule has 116 valence electrons. The molecule has 2 atom stereocenters. The second kappa shape index (κ2) is 5.79. The number of hydrogen-bond donors (Lipinski definition) is 1. The van der Waals surface area contributed by atoms with E-state index in [1.807, 2.05) is 18.3 Å². The fourth-order valence-electron chi connectivity index (χ4n) is 4.48. The smallest absolute Gasteiger partial charge is 0.227 e. The number of carbonyl (C=O) groups excluding carboxylic acids is 1. The van der Waals surface area contributed by atoms with Crippen LogP contribution in [0.3, 0.4) is 0 Å².